The van der Waals surface area contributed by atoms with Crippen LogP contribution in [0, 0.1) is 0 Å². The van der Waals surface area contributed by atoms with Crippen molar-refractivity contribution in [3.63, 3.8) is 0 Å². The van der Waals surface area contributed by atoms with E-state index in [0.29, 0.717) is 0 Å². The molecule has 0 aliphatic rings. The molecule has 0 saturated carbocycles. The summed E-state index contributed by atoms with van der Waals surface area (Å²) in [5, 5.41) is 17.5. The summed E-state index contributed by atoms with van der Waals surface area (Å²) in [6.07, 6.45) is 0. The third-order valence-corrected chi connectivity index (χ3v) is 7.98. The first kappa shape index (κ1) is 27.8. The quantitative estimate of drug-likeness (QED) is 0.403. The second kappa shape index (κ2) is 12.3. The van der Waals surface area contributed by atoms with E-state index in [1.807, 2.05) is 0 Å². The molecule has 0 aliphatic heterocycles. The molecule has 0 unspecified atom stereocenters. The fourth-order valence-electron chi connectivity index (χ4n) is 3.67. The van der Waals surface area contributed by atoms with Gasteiger partial charge in [-0.2, -0.15) is 0 Å². The number of aromatic carboxylic acids is 2. The van der Waals surface area contributed by atoms with E-state index < -0.39 is 21.8 Å². The van der Waals surface area contributed by atoms with Crippen LogP contribution < -0.4 is 0 Å². The van der Waals surface area contributed by atoms with Crippen molar-refractivity contribution in [2.45, 2.75) is 37.1 Å². The van der Waals surface area contributed by atoms with Crippen LogP contribution in [0.1, 0.15) is 47.1 Å². The maximum Gasteiger partial charge on any atom is 0.335 e. The summed E-state index contributed by atoms with van der Waals surface area (Å²) >= 11 is 0. The van der Waals surface area contributed by atoms with E-state index in [1.165, 1.54) is 84.8 Å². The van der Waals surface area contributed by atoms with Gasteiger partial charge in [0.05, 0.1) is 40.6 Å². The zero-order chi connectivity index (χ0) is 26.1. The van der Waals surface area contributed by atoms with Crippen molar-refractivity contribution >= 4 is 21.8 Å². The molecule has 0 saturated heterocycles. The Hall–Kier alpha value is -3.49. The van der Waals surface area contributed by atoms with Crippen molar-refractivity contribution < 1.29 is 32.7 Å². The molecule has 3 aromatic rings. The number of quaternary nitrogens is 1. The summed E-state index contributed by atoms with van der Waals surface area (Å²) in [6.45, 7) is 11.7. The molecular formula is C27H32NO6S+. The topological polar surface area (TPSA) is 109 Å². The summed E-state index contributed by atoms with van der Waals surface area (Å²) in [6, 6.07) is 20.4. The molecule has 7 nitrogen and oxygen atoms in total. The molecule has 3 aromatic carbocycles. The minimum atomic E-state index is -3.81. The zero-order valence-electron chi connectivity index (χ0n) is 20.2. The third kappa shape index (κ3) is 7.24. The lowest BCUT2D eigenvalue weighted by Crippen LogP contribution is -2.46. The van der Waals surface area contributed by atoms with E-state index in [0.717, 1.165) is 0 Å². The van der Waals surface area contributed by atoms with Crippen molar-refractivity contribution in [1.29, 1.82) is 0 Å². The molecule has 35 heavy (non-hydrogen) atoms. The van der Waals surface area contributed by atoms with Gasteiger partial charge >= 0.3 is 11.9 Å². The zero-order valence-corrected chi connectivity index (χ0v) is 21.0. The number of hydrogen-bond donors (Lipinski definition) is 2. The smallest absolute Gasteiger partial charge is 0.335 e. The highest BCUT2D eigenvalue weighted by Gasteiger charge is 2.21. The Balaban J connectivity index is 0.000000269. The van der Waals surface area contributed by atoms with Gasteiger partial charge in [-0.25, -0.2) is 18.0 Å². The van der Waals surface area contributed by atoms with Crippen LogP contribution in [0.15, 0.2) is 88.7 Å². The van der Waals surface area contributed by atoms with E-state index in [1.54, 1.807) is 0 Å². The molecular weight excluding hydrogens is 466 g/mol. The maximum atomic E-state index is 12.3. The molecule has 0 aliphatic carbocycles. The van der Waals surface area contributed by atoms with Gasteiger partial charge in [-0.1, -0.05) is 30.3 Å². The Morgan fingerprint density at radius 1 is 0.657 bits per heavy atom. The molecule has 0 bridgehead atoms. The molecule has 0 amide bonds. The number of nitrogens with zero attached hydrogens (tertiary/aromatic N) is 1. The Morgan fingerprint density at radius 2 is 1.03 bits per heavy atom. The molecule has 8 heteroatoms. The minimum absolute atomic E-state index is 0.0184. The first-order valence-electron chi connectivity index (χ1n) is 11.4. The van der Waals surface area contributed by atoms with Gasteiger partial charge in [-0.15, -0.1) is 0 Å². The lowest BCUT2D eigenvalue weighted by atomic mass is 10.2. The van der Waals surface area contributed by atoms with Gasteiger partial charge < -0.3 is 14.7 Å². The van der Waals surface area contributed by atoms with E-state index in [2.05, 4.69) is 51.1 Å². The first-order valence-corrected chi connectivity index (χ1v) is 12.9. The van der Waals surface area contributed by atoms with Gasteiger partial charge in [0, 0.05) is 5.56 Å². The second-order valence-electron chi connectivity index (χ2n) is 8.10. The number of sulfone groups is 1. The summed E-state index contributed by atoms with van der Waals surface area (Å²) in [4.78, 5) is 21.3. The summed E-state index contributed by atoms with van der Waals surface area (Å²) in [7, 11) is -3.81. The highest BCUT2D eigenvalue weighted by Crippen LogP contribution is 2.21. The van der Waals surface area contributed by atoms with Crippen molar-refractivity contribution in [1.82, 2.24) is 0 Å². The molecule has 0 spiro atoms. The maximum absolute atomic E-state index is 12.3. The van der Waals surface area contributed by atoms with Gasteiger partial charge in [0.25, 0.3) is 0 Å². The average Bonchev–Trinajstić information content (AvgIpc) is 2.88. The van der Waals surface area contributed by atoms with Crippen LogP contribution >= 0.6 is 0 Å². The van der Waals surface area contributed by atoms with Gasteiger partial charge in [0.1, 0.15) is 6.54 Å². The first-order chi connectivity index (χ1) is 16.6. The van der Waals surface area contributed by atoms with E-state index in [-0.39, 0.29) is 20.9 Å². The van der Waals surface area contributed by atoms with Crippen LogP contribution in [-0.2, 0) is 16.4 Å². The number of carboxylic acid groups (broad SMARTS) is 2. The highest BCUT2D eigenvalue weighted by molar-refractivity contribution is 7.91. The predicted molar refractivity (Wildman–Crippen MR) is 134 cm³/mol. The monoisotopic (exact) mass is 498 g/mol. The molecule has 0 aromatic heterocycles. The van der Waals surface area contributed by atoms with Crippen LogP contribution in [0.2, 0.25) is 0 Å². The molecule has 0 radical (unpaired) electrons. The van der Waals surface area contributed by atoms with Crippen molar-refractivity contribution in [3.8, 4) is 0 Å². The average molecular weight is 499 g/mol. The number of hydrogen-bond acceptors (Lipinski definition) is 4. The van der Waals surface area contributed by atoms with Gasteiger partial charge in [-0.05, 0) is 69.3 Å². The highest BCUT2D eigenvalue weighted by atomic mass is 32.2. The molecule has 186 valence electrons. The largest absolute Gasteiger partial charge is 0.478 e. The predicted octanol–water partition coefficient (Wildman–Crippen LogP) is 4.98. The molecule has 3 rings (SSSR count). The van der Waals surface area contributed by atoms with Crippen LogP contribution in [0.4, 0.5) is 0 Å². The fourth-order valence-corrected chi connectivity index (χ4v) is 4.93. The Kier molecular flexibility index (Phi) is 9.74. The lowest BCUT2D eigenvalue weighted by Gasteiger charge is -2.35. The van der Waals surface area contributed by atoms with E-state index in [9.17, 15) is 18.0 Å². The molecule has 0 fully saturated rings. The SMILES string of the molecule is CC[N+](CC)(CC)Cc1ccccc1.O=C(O)c1ccc(S(=O)(=O)c2ccc(C(=O)O)cc2)cc1. The second-order valence-corrected chi connectivity index (χ2v) is 10.0. The number of benzene rings is 3. The van der Waals surface area contributed by atoms with Crippen LogP contribution in [0.5, 0.6) is 0 Å². The van der Waals surface area contributed by atoms with Crippen LogP contribution in [0.3, 0.4) is 0 Å². The van der Waals surface area contributed by atoms with Gasteiger partial charge in [0.2, 0.25) is 9.84 Å². The third-order valence-electron chi connectivity index (χ3n) is 6.20. The standard InChI is InChI=1S/C14H10O6S.C13H22N/c15-13(16)9-1-5-11(6-2-9)21(19,20)12-7-3-10(4-8-12)14(17)18;1-4-14(5-2,6-3)12-13-10-8-7-9-11-13/h1-8H,(H,15,16)(H,17,18);7-11H,4-6,12H2,1-3H3/q;+1. The molecule has 0 atom stereocenters. The number of rotatable bonds is 9. The van der Waals surface area contributed by atoms with E-state index >= 15 is 0 Å². The number of carboxylic acids is 2. The molecule has 2 N–H and O–H groups in total. The molecule has 0 heterocycles. The summed E-state index contributed by atoms with van der Waals surface area (Å²) < 4.78 is 25.8. The van der Waals surface area contributed by atoms with Crippen LogP contribution in [0.25, 0.3) is 0 Å². The van der Waals surface area contributed by atoms with E-state index in [4.69, 9.17) is 10.2 Å². The van der Waals surface area contributed by atoms with Crippen molar-refractivity contribution in [2.24, 2.45) is 0 Å². The Bertz CT molecular complexity index is 1150. The minimum Gasteiger partial charge on any atom is -0.478 e. The van der Waals surface area contributed by atoms with Crippen LogP contribution in [-0.4, -0.2) is 54.7 Å². The normalized spacial score (nSPS) is 11.3. The van der Waals surface area contributed by atoms with Crippen molar-refractivity contribution in [3.05, 3.63) is 95.6 Å². The van der Waals surface area contributed by atoms with Crippen molar-refractivity contribution in [2.75, 3.05) is 19.6 Å². The van der Waals surface area contributed by atoms with Gasteiger partial charge in [0.15, 0.2) is 0 Å². The fraction of sp³-hybridized carbons (Fsp3) is 0.259. The Labute approximate surface area is 206 Å². The lowest BCUT2D eigenvalue weighted by molar-refractivity contribution is -0.936. The van der Waals surface area contributed by atoms with Gasteiger partial charge in [-0.3, -0.25) is 0 Å². The Morgan fingerprint density at radius 3 is 1.34 bits per heavy atom. The number of carbonyl (C=O) groups is 2. The summed E-state index contributed by atoms with van der Waals surface area (Å²) in [5.74, 6) is -2.30. The summed E-state index contributed by atoms with van der Waals surface area (Å²) in [5.41, 5.74) is 1.42.